The number of aromatic nitrogens is 2. The zero-order valence-corrected chi connectivity index (χ0v) is 20.7. The number of rotatable bonds is 8. The van der Waals surface area contributed by atoms with Crippen molar-refractivity contribution in [2.45, 2.75) is 63.3 Å². The van der Waals surface area contributed by atoms with Gasteiger partial charge >= 0.3 is 6.18 Å². The Morgan fingerprint density at radius 2 is 1.73 bits per heavy atom. The Hall–Kier alpha value is -3.40. The predicted molar refractivity (Wildman–Crippen MR) is 135 cm³/mol. The Morgan fingerprint density at radius 1 is 1.00 bits per heavy atom. The van der Waals surface area contributed by atoms with Crippen LogP contribution in [-0.4, -0.2) is 33.9 Å². The molecule has 2 aromatic heterocycles. The molecule has 1 aromatic carbocycles. The number of nitrogens with zero attached hydrogens (tertiary/aromatic N) is 2. The van der Waals surface area contributed by atoms with Crippen molar-refractivity contribution in [1.29, 1.82) is 0 Å². The highest BCUT2D eigenvalue weighted by Crippen LogP contribution is 2.35. The van der Waals surface area contributed by atoms with E-state index >= 15 is 0 Å². The van der Waals surface area contributed by atoms with Crippen molar-refractivity contribution >= 4 is 40.0 Å². The van der Waals surface area contributed by atoms with E-state index < -0.39 is 11.9 Å². The van der Waals surface area contributed by atoms with Crippen molar-refractivity contribution in [3.05, 3.63) is 65.1 Å². The normalized spacial score (nSPS) is 17.8. The summed E-state index contributed by atoms with van der Waals surface area (Å²) in [5.74, 6) is -0.410. The van der Waals surface area contributed by atoms with Crippen LogP contribution >= 0.6 is 11.6 Å². The number of pyridine rings is 2. The molecule has 0 atom stereocenters. The van der Waals surface area contributed by atoms with Crippen molar-refractivity contribution in [2.24, 2.45) is 0 Å². The number of alkyl halides is 3. The van der Waals surface area contributed by atoms with Gasteiger partial charge in [0, 0.05) is 60.0 Å². The highest BCUT2D eigenvalue weighted by Gasteiger charge is 2.34. The Kier molecular flexibility index (Phi) is 8.48. The fourth-order valence-electron chi connectivity index (χ4n) is 4.38. The van der Waals surface area contributed by atoms with Crippen LogP contribution in [0.4, 0.5) is 18.9 Å². The van der Waals surface area contributed by atoms with E-state index in [9.17, 15) is 22.8 Å². The number of fused-ring (bicyclic) bond motifs is 1. The van der Waals surface area contributed by atoms with E-state index in [4.69, 9.17) is 11.6 Å². The molecule has 0 aliphatic heterocycles. The molecule has 1 aliphatic rings. The van der Waals surface area contributed by atoms with Gasteiger partial charge in [-0.25, -0.2) is 4.98 Å². The Bertz CT molecular complexity index is 1250. The number of carbonyl (C=O) groups excluding carboxylic acids is 2. The van der Waals surface area contributed by atoms with E-state index in [0.717, 1.165) is 11.6 Å². The van der Waals surface area contributed by atoms with Gasteiger partial charge in [-0.3, -0.25) is 14.6 Å². The van der Waals surface area contributed by atoms with Crippen molar-refractivity contribution in [1.82, 2.24) is 20.6 Å². The summed E-state index contributed by atoms with van der Waals surface area (Å²) in [5, 5.41) is 9.90. The topological polar surface area (TPSA) is 96.0 Å². The molecule has 0 bridgehead atoms. The van der Waals surface area contributed by atoms with Crippen LogP contribution in [0.25, 0.3) is 10.9 Å². The molecule has 1 saturated carbocycles. The van der Waals surface area contributed by atoms with Crippen LogP contribution in [0.5, 0.6) is 0 Å². The molecular formula is C26H27ClF3N5O2. The first kappa shape index (κ1) is 26.7. The molecule has 7 nitrogen and oxygen atoms in total. The van der Waals surface area contributed by atoms with Gasteiger partial charge in [-0.15, -0.1) is 0 Å². The molecule has 2 heterocycles. The lowest BCUT2D eigenvalue weighted by Gasteiger charge is -2.30. The Balaban J connectivity index is 1.26. The summed E-state index contributed by atoms with van der Waals surface area (Å²) >= 11 is 6.08. The SMILES string of the molecule is O=C(CCC(=O)N[C@H]1CC[C@@H](Nc2cc(C(F)(F)F)nc3ccc(Cl)cc23)CC1)NCc1cccnc1. The van der Waals surface area contributed by atoms with Crippen LogP contribution in [0.15, 0.2) is 48.8 Å². The summed E-state index contributed by atoms with van der Waals surface area (Å²) in [6, 6.07) is 9.15. The van der Waals surface area contributed by atoms with Crippen molar-refractivity contribution in [3.8, 4) is 0 Å². The number of hydrogen-bond acceptors (Lipinski definition) is 5. The summed E-state index contributed by atoms with van der Waals surface area (Å²) in [4.78, 5) is 32.1. The molecular weight excluding hydrogens is 507 g/mol. The molecule has 1 fully saturated rings. The minimum atomic E-state index is -4.57. The minimum absolute atomic E-state index is 0.0432. The fraction of sp³-hybridized carbons (Fsp3) is 0.385. The number of carbonyl (C=O) groups is 2. The monoisotopic (exact) mass is 533 g/mol. The predicted octanol–water partition coefficient (Wildman–Crippen LogP) is 5.24. The maximum Gasteiger partial charge on any atom is 0.433 e. The first-order valence-corrected chi connectivity index (χ1v) is 12.4. The number of nitrogens with one attached hydrogen (secondary N) is 3. The molecule has 2 amide bonds. The van der Waals surface area contributed by atoms with E-state index in [-0.39, 0.29) is 42.3 Å². The Labute approximate surface area is 217 Å². The van der Waals surface area contributed by atoms with Gasteiger partial charge in [0.15, 0.2) is 0 Å². The standard InChI is InChI=1S/C26H27ClF3N5O2/c27-17-3-8-21-20(12-17)22(13-23(35-21)26(28,29)30)33-18-4-6-19(7-5-18)34-25(37)10-9-24(36)32-15-16-2-1-11-31-14-16/h1-3,8,11-14,18-19H,4-7,9-10,15H2,(H,32,36)(H,33,35)(H,34,37)/t18-,19+. The van der Waals surface area contributed by atoms with Crippen LogP contribution < -0.4 is 16.0 Å². The van der Waals surface area contributed by atoms with E-state index in [1.807, 2.05) is 6.07 Å². The molecule has 4 rings (SSSR count). The molecule has 3 N–H and O–H groups in total. The lowest BCUT2D eigenvalue weighted by molar-refractivity contribution is -0.140. The zero-order chi connectivity index (χ0) is 26.4. The van der Waals surface area contributed by atoms with E-state index in [1.54, 1.807) is 24.5 Å². The minimum Gasteiger partial charge on any atom is -0.382 e. The molecule has 0 radical (unpaired) electrons. The zero-order valence-electron chi connectivity index (χ0n) is 19.9. The van der Waals surface area contributed by atoms with Crippen LogP contribution in [-0.2, 0) is 22.3 Å². The van der Waals surface area contributed by atoms with Crippen LogP contribution in [0.3, 0.4) is 0 Å². The summed E-state index contributed by atoms with van der Waals surface area (Å²) in [6.45, 7) is 0.356. The average molecular weight is 534 g/mol. The largest absolute Gasteiger partial charge is 0.433 e. The van der Waals surface area contributed by atoms with Crippen molar-refractivity contribution in [2.75, 3.05) is 5.32 Å². The molecule has 0 spiro atoms. The van der Waals surface area contributed by atoms with Gasteiger partial charge in [0.1, 0.15) is 5.69 Å². The molecule has 0 saturated heterocycles. The van der Waals surface area contributed by atoms with Gasteiger partial charge in [0.25, 0.3) is 0 Å². The molecule has 0 unspecified atom stereocenters. The van der Waals surface area contributed by atoms with Crippen LogP contribution in [0, 0.1) is 0 Å². The van der Waals surface area contributed by atoms with Gasteiger partial charge in [0.2, 0.25) is 11.8 Å². The van der Waals surface area contributed by atoms with Gasteiger partial charge in [-0.2, -0.15) is 13.2 Å². The summed E-state index contributed by atoms with van der Waals surface area (Å²) < 4.78 is 40.1. The number of anilines is 1. The molecule has 1 aliphatic carbocycles. The number of hydrogen-bond donors (Lipinski definition) is 3. The third-order valence-electron chi connectivity index (χ3n) is 6.30. The molecule has 37 heavy (non-hydrogen) atoms. The quantitative estimate of drug-likeness (QED) is 0.368. The summed E-state index contributed by atoms with van der Waals surface area (Å²) in [5.41, 5.74) is 0.468. The smallest absolute Gasteiger partial charge is 0.382 e. The van der Waals surface area contributed by atoms with E-state index in [1.165, 1.54) is 12.1 Å². The lowest BCUT2D eigenvalue weighted by atomic mass is 9.90. The van der Waals surface area contributed by atoms with Crippen LogP contribution in [0.2, 0.25) is 5.02 Å². The Morgan fingerprint density at radius 3 is 2.43 bits per heavy atom. The van der Waals surface area contributed by atoms with Crippen molar-refractivity contribution < 1.29 is 22.8 Å². The van der Waals surface area contributed by atoms with Gasteiger partial charge in [-0.1, -0.05) is 17.7 Å². The highest BCUT2D eigenvalue weighted by atomic mass is 35.5. The van der Waals surface area contributed by atoms with Crippen LogP contribution in [0.1, 0.15) is 49.8 Å². The summed E-state index contributed by atoms with van der Waals surface area (Å²) in [7, 11) is 0. The van der Waals surface area contributed by atoms with Crippen molar-refractivity contribution in [3.63, 3.8) is 0 Å². The number of halogens is 4. The third kappa shape index (κ3) is 7.55. The highest BCUT2D eigenvalue weighted by molar-refractivity contribution is 6.31. The fourth-order valence-corrected chi connectivity index (χ4v) is 4.56. The second-order valence-electron chi connectivity index (χ2n) is 9.11. The first-order chi connectivity index (χ1) is 17.7. The number of amides is 2. The summed E-state index contributed by atoms with van der Waals surface area (Å²) in [6.07, 6.45) is 1.61. The van der Waals surface area contributed by atoms with Gasteiger partial charge < -0.3 is 16.0 Å². The van der Waals surface area contributed by atoms with Gasteiger partial charge in [0.05, 0.1) is 5.52 Å². The maximum atomic E-state index is 13.4. The molecule has 196 valence electrons. The van der Waals surface area contributed by atoms with E-state index in [2.05, 4.69) is 25.9 Å². The van der Waals surface area contributed by atoms with E-state index in [0.29, 0.717) is 48.3 Å². The molecule has 11 heteroatoms. The second-order valence-corrected chi connectivity index (χ2v) is 9.55. The first-order valence-electron chi connectivity index (χ1n) is 12.1. The van der Waals surface area contributed by atoms with Gasteiger partial charge in [-0.05, 0) is 61.6 Å². The third-order valence-corrected chi connectivity index (χ3v) is 6.54. The maximum absolute atomic E-state index is 13.4. The second kappa shape index (κ2) is 11.8. The number of benzene rings is 1. The lowest BCUT2D eigenvalue weighted by Crippen LogP contribution is -2.40. The average Bonchev–Trinajstić information content (AvgIpc) is 2.87. The molecule has 3 aromatic rings.